The molecule has 0 saturated carbocycles. The highest BCUT2D eigenvalue weighted by atomic mass is 35.5. The zero-order valence-electron chi connectivity index (χ0n) is 8.63. The van der Waals surface area contributed by atoms with Crippen LogP contribution in [0.4, 0.5) is 5.69 Å². The minimum absolute atomic E-state index is 0.0659. The van der Waals surface area contributed by atoms with Crippen molar-refractivity contribution >= 4 is 17.3 Å². The Labute approximate surface area is 102 Å². The summed E-state index contributed by atoms with van der Waals surface area (Å²) in [4.78, 5) is 10.1. The van der Waals surface area contributed by atoms with Gasteiger partial charge >= 0.3 is 0 Å². The molecule has 0 fully saturated rings. The third kappa shape index (κ3) is 2.76. The van der Waals surface area contributed by atoms with Gasteiger partial charge in [0.1, 0.15) is 18.1 Å². The molecular formula is C11H8ClNO4. The molecule has 6 heteroatoms. The Morgan fingerprint density at radius 2 is 2.24 bits per heavy atom. The van der Waals surface area contributed by atoms with Crippen molar-refractivity contribution in [1.29, 1.82) is 0 Å². The molecule has 17 heavy (non-hydrogen) atoms. The predicted octanol–water partition coefficient (Wildman–Crippen LogP) is 3.42. The third-order valence-corrected chi connectivity index (χ3v) is 2.39. The van der Waals surface area contributed by atoms with E-state index < -0.39 is 4.92 Å². The molecule has 0 aliphatic rings. The number of rotatable bonds is 4. The van der Waals surface area contributed by atoms with Gasteiger partial charge in [0.2, 0.25) is 0 Å². The zero-order valence-corrected chi connectivity index (χ0v) is 9.39. The minimum Gasteiger partial charge on any atom is -0.484 e. The Morgan fingerprint density at radius 3 is 2.88 bits per heavy atom. The van der Waals surface area contributed by atoms with E-state index in [0.29, 0.717) is 10.8 Å². The standard InChI is InChI=1S/C11H8ClNO4/c12-10-4-3-8(13(14)15)6-11(10)17-7-9-2-1-5-16-9/h1-6H,7H2. The maximum absolute atomic E-state index is 10.6. The van der Waals surface area contributed by atoms with E-state index in [1.54, 1.807) is 12.1 Å². The van der Waals surface area contributed by atoms with E-state index >= 15 is 0 Å². The van der Waals surface area contributed by atoms with Crippen LogP contribution in [0.5, 0.6) is 5.75 Å². The molecule has 0 bridgehead atoms. The van der Waals surface area contributed by atoms with Gasteiger partial charge in [-0.1, -0.05) is 11.6 Å². The summed E-state index contributed by atoms with van der Waals surface area (Å²) in [5, 5.41) is 10.9. The third-order valence-electron chi connectivity index (χ3n) is 2.08. The molecule has 1 aromatic carbocycles. The lowest BCUT2D eigenvalue weighted by Crippen LogP contribution is -1.96. The Bertz CT molecular complexity index is 524. The number of nitro groups is 1. The number of ether oxygens (including phenoxy) is 1. The number of nitro benzene ring substituents is 1. The molecule has 0 unspecified atom stereocenters. The van der Waals surface area contributed by atoms with Gasteiger partial charge in [0.15, 0.2) is 0 Å². The molecule has 0 aliphatic carbocycles. The van der Waals surface area contributed by atoms with Gasteiger partial charge in [0, 0.05) is 6.07 Å². The quantitative estimate of drug-likeness (QED) is 0.618. The van der Waals surface area contributed by atoms with Gasteiger partial charge in [-0.2, -0.15) is 0 Å². The highest BCUT2D eigenvalue weighted by molar-refractivity contribution is 6.32. The molecule has 5 nitrogen and oxygen atoms in total. The second kappa shape index (κ2) is 4.88. The summed E-state index contributed by atoms with van der Waals surface area (Å²) in [5.74, 6) is 0.879. The molecule has 0 N–H and O–H groups in total. The van der Waals surface area contributed by atoms with E-state index in [1.165, 1.54) is 24.5 Å². The van der Waals surface area contributed by atoms with Crippen molar-refractivity contribution in [3.05, 3.63) is 57.5 Å². The Balaban J connectivity index is 2.14. The summed E-state index contributed by atoms with van der Waals surface area (Å²) in [6, 6.07) is 7.50. The highest BCUT2D eigenvalue weighted by Crippen LogP contribution is 2.29. The summed E-state index contributed by atoms with van der Waals surface area (Å²) in [5.41, 5.74) is -0.0659. The lowest BCUT2D eigenvalue weighted by atomic mass is 10.3. The number of nitrogens with zero attached hydrogens (tertiary/aromatic N) is 1. The van der Waals surface area contributed by atoms with Crippen molar-refractivity contribution in [3.8, 4) is 5.75 Å². The molecule has 0 spiro atoms. The van der Waals surface area contributed by atoms with Crippen LogP contribution in [0.15, 0.2) is 41.0 Å². The van der Waals surface area contributed by atoms with Crippen molar-refractivity contribution in [2.45, 2.75) is 6.61 Å². The van der Waals surface area contributed by atoms with Crippen molar-refractivity contribution in [2.75, 3.05) is 0 Å². The fraction of sp³-hybridized carbons (Fsp3) is 0.0909. The second-order valence-electron chi connectivity index (χ2n) is 3.24. The fourth-order valence-corrected chi connectivity index (χ4v) is 1.43. The van der Waals surface area contributed by atoms with E-state index in [4.69, 9.17) is 20.8 Å². The summed E-state index contributed by atoms with van der Waals surface area (Å²) < 4.78 is 10.4. The van der Waals surface area contributed by atoms with Gasteiger partial charge in [0.25, 0.3) is 5.69 Å². The highest BCUT2D eigenvalue weighted by Gasteiger charge is 2.11. The van der Waals surface area contributed by atoms with Crippen LogP contribution in [0, 0.1) is 10.1 Å². The number of non-ortho nitro benzene ring substituents is 1. The van der Waals surface area contributed by atoms with Crippen molar-refractivity contribution in [2.24, 2.45) is 0 Å². The van der Waals surface area contributed by atoms with Crippen LogP contribution < -0.4 is 4.74 Å². The lowest BCUT2D eigenvalue weighted by molar-refractivity contribution is -0.384. The topological polar surface area (TPSA) is 65.5 Å². The normalized spacial score (nSPS) is 10.2. The van der Waals surface area contributed by atoms with Crippen LogP contribution in [-0.2, 0) is 6.61 Å². The summed E-state index contributed by atoms with van der Waals surface area (Å²) >= 11 is 5.86. The maximum Gasteiger partial charge on any atom is 0.273 e. The number of hydrogen-bond donors (Lipinski definition) is 0. The first kappa shape index (κ1) is 11.5. The van der Waals surface area contributed by atoms with Gasteiger partial charge in [-0.05, 0) is 18.2 Å². The molecule has 0 amide bonds. The molecule has 0 aliphatic heterocycles. The van der Waals surface area contributed by atoms with E-state index in [0.717, 1.165) is 0 Å². The van der Waals surface area contributed by atoms with Crippen LogP contribution in [0.3, 0.4) is 0 Å². The summed E-state index contributed by atoms with van der Waals surface area (Å²) in [6.07, 6.45) is 1.52. The average Bonchev–Trinajstić information content (AvgIpc) is 2.80. The first-order valence-electron chi connectivity index (χ1n) is 4.76. The zero-order chi connectivity index (χ0) is 12.3. The average molecular weight is 254 g/mol. The van der Waals surface area contributed by atoms with Crippen LogP contribution in [-0.4, -0.2) is 4.92 Å². The lowest BCUT2D eigenvalue weighted by Gasteiger charge is -2.05. The first-order chi connectivity index (χ1) is 8.16. The van der Waals surface area contributed by atoms with E-state index in [-0.39, 0.29) is 18.0 Å². The Kier molecular flexibility index (Phi) is 3.30. The van der Waals surface area contributed by atoms with Crippen molar-refractivity contribution in [1.82, 2.24) is 0 Å². The SMILES string of the molecule is O=[N+]([O-])c1ccc(Cl)c(OCc2ccco2)c1. The van der Waals surface area contributed by atoms with Gasteiger partial charge in [-0.25, -0.2) is 0 Å². The molecule has 88 valence electrons. The largest absolute Gasteiger partial charge is 0.484 e. The second-order valence-corrected chi connectivity index (χ2v) is 3.65. The smallest absolute Gasteiger partial charge is 0.273 e. The van der Waals surface area contributed by atoms with Crippen LogP contribution in [0.1, 0.15) is 5.76 Å². The van der Waals surface area contributed by atoms with E-state index in [2.05, 4.69) is 0 Å². The Hall–Kier alpha value is -2.01. The van der Waals surface area contributed by atoms with E-state index in [1.807, 2.05) is 0 Å². The Morgan fingerprint density at radius 1 is 1.41 bits per heavy atom. The predicted molar refractivity (Wildman–Crippen MR) is 61.1 cm³/mol. The van der Waals surface area contributed by atoms with Crippen molar-refractivity contribution in [3.63, 3.8) is 0 Å². The molecule has 0 radical (unpaired) electrons. The number of halogens is 1. The van der Waals surface area contributed by atoms with Gasteiger partial charge in [0.05, 0.1) is 22.3 Å². The summed E-state index contributed by atoms with van der Waals surface area (Å²) in [7, 11) is 0. The van der Waals surface area contributed by atoms with Crippen LogP contribution >= 0.6 is 11.6 Å². The maximum atomic E-state index is 10.6. The summed E-state index contributed by atoms with van der Waals surface area (Å²) in [6.45, 7) is 0.174. The van der Waals surface area contributed by atoms with Crippen LogP contribution in [0.2, 0.25) is 5.02 Å². The number of benzene rings is 1. The molecular weight excluding hydrogens is 246 g/mol. The van der Waals surface area contributed by atoms with Gasteiger partial charge in [-0.15, -0.1) is 0 Å². The molecule has 2 aromatic rings. The minimum atomic E-state index is -0.504. The van der Waals surface area contributed by atoms with Crippen LogP contribution in [0.25, 0.3) is 0 Å². The molecule has 1 aromatic heterocycles. The first-order valence-corrected chi connectivity index (χ1v) is 5.14. The molecule has 0 atom stereocenters. The van der Waals surface area contributed by atoms with E-state index in [9.17, 15) is 10.1 Å². The molecule has 1 heterocycles. The molecule has 2 rings (SSSR count). The van der Waals surface area contributed by atoms with Gasteiger partial charge in [-0.3, -0.25) is 10.1 Å². The number of hydrogen-bond acceptors (Lipinski definition) is 4. The van der Waals surface area contributed by atoms with Crippen molar-refractivity contribution < 1.29 is 14.1 Å². The van der Waals surface area contributed by atoms with Gasteiger partial charge < -0.3 is 9.15 Å². The fourth-order valence-electron chi connectivity index (χ4n) is 1.26. The molecule has 0 saturated heterocycles. The monoisotopic (exact) mass is 253 g/mol. The number of furan rings is 1.